The van der Waals surface area contributed by atoms with Crippen LogP contribution in [-0.2, 0) is 4.79 Å². The molecule has 0 fully saturated rings. The Morgan fingerprint density at radius 3 is 2.89 bits per heavy atom. The van der Waals surface area contributed by atoms with Gasteiger partial charge in [0.15, 0.2) is 0 Å². The van der Waals surface area contributed by atoms with Crippen molar-refractivity contribution in [2.45, 2.75) is 26.9 Å². The number of ether oxygens (including phenoxy) is 1. The lowest BCUT2D eigenvalue weighted by atomic mass is 10.0. The van der Waals surface area contributed by atoms with E-state index in [1.807, 2.05) is 30.0 Å². The summed E-state index contributed by atoms with van der Waals surface area (Å²) in [4.78, 5) is 12.8. The Hall–Kier alpha value is -1.71. The number of anilines is 1. The summed E-state index contributed by atoms with van der Waals surface area (Å²) in [5, 5.41) is 9.00. The van der Waals surface area contributed by atoms with Crippen LogP contribution in [0.4, 0.5) is 5.69 Å². The van der Waals surface area contributed by atoms with Gasteiger partial charge in [-0.2, -0.15) is 0 Å². The Morgan fingerprint density at radius 2 is 2.28 bits per heavy atom. The number of carboxylic acid groups (broad SMARTS) is 1. The second-order valence-corrected chi connectivity index (χ2v) is 5.15. The van der Waals surface area contributed by atoms with Gasteiger partial charge in [0.25, 0.3) is 0 Å². The SMILES string of the molecule is Cc1ccc2c(c1)N(CC(=O)O)CC(C(C)C)O2. The van der Waals surface area contributed by atoms with Gasteiger partial charge in [0.2, 0.25) is 0 Å². The molecule has 98 valence electrons. The second kappa shape index (κ2) is 4.88. The summed E-state index contributed by atoms with van der Waals surface area (Å²) in [6.45, 7) is 6.81. The first kappa shape index (κ1) is 12.7. The Kier molecular flexibility index (Phi) is 3.45. The third-order valence-electron chi connectivity index (χ3n) is 3.20. The number of fused-ring (bicyclic) bond motifs is 1. The third kappa shape index (κ3) is 2.58. The Morgan fingerprint density at radius 1 is 1.56 bits per heavy atom. The summed E-state index contributed by atoms with van der Waals surface area (Å²) in [5.41, 5.74) is 1.99. The molecule has 0 saturated carbocycles. The van der Waals surface area contributed by atoms with Crippen molar-refractivity contribution in [2.24, 2.45) is 5.92 Å². The number of aliphatic carboxylic acids is 1. The van der Waals surface area contributed by atoms with Gasteiger partial charge < -0.3 is 14.7 Å². The number of carbonyl (C=O) groups is 1. The van der Waals surface area contributed by atoms with E-state index in [1.165, 1.54) is 0 Å². The zero-order valence-corrected chi connectivity index (χ0v) is 11.0. The highest BCUT2D eigenvalue weighted by molar-refractivity contribution is 5.76. The highest BCUT2D eigenvalue weighted by Gasteiger charge is 2.28. The van der Waals surface area contributed by atoms with Crippen LogP contribution >= 0.6 is 0 Å². The number of nitrogens with zero attached hydrogens (tertiary/aromatic N) is 1. The molecule has 0 amide bonds. The summed E-state index contributed by atoms with van der Waals surface area (Å²) in [5.74, 6) is 0.328. The predicted molar refractivity (Wildman–Crippen MR) is 70.3 cm³/mol. The molecule has 0 spiro atoms. The maximum atomic E-state index is 11.0. The van der Waals surface area contributed by atoms with Gasteiger partial charge >= 0.3 is 5.97 Å². The number of hydrogen-bond donors (Lipinski definition) is 1. The largest absolute Gasteiger partial charge is 0.486 e. The third-order valence-corrected chi connectivity index (χ3v) is 3.20. The van der Waals surface area contributed by atoms with Gasteiger partial charge in [-0.25, -0.2) is 0 Å². The van der Waals surface area contributed by atoms with E-state index in [2.05, 4.69) is 13.8 Å². The van der Waals surface area contributed by atoms with Crippen LogP contribution in [0.3, 0.4) is 0 Å². The smallest absolute Gasteiger partial charge is 0.323 e. The van der Waals surface area contributed by atoms with Crippen LogP contribution in [-0.4, -0.2) is 30.3 Å². The van der Waals surface area contributed by atoms with Gasteiger partial charge in [-0.05, 0) is 30.5 Å². The molecule has 0 radical (unpaired) electrons. The Balaban J connectivity index is 2.34. The maximum absolute atomic E-state index is 11.0. The van der Waals surface area contributed by atoms with Crippen molar-refractivity contribution < 1.29 is 14.6 Å². The maximum Gasteiger partial charge on any atom is 0.323 e. The molecule has 2 rings (SSSR count). The molecule has 18 heavy (non-hydrogen) atoms. The summed E-state index contributed by atoms with van der Waals surface area (Å²) < 4.78 is 5.93. The van der Waals surface area contributed by atoms with Gasteiger partial charge in [0.1, 0.15) is 18.4 Å². The molecule has 1 heterocycles. The molecule has 1 atom stereocenters. The fourth-order valence-electron chi connectivity index (χ4n) is 2.15. The van der Waals surface area contributed by atoms with E-state index in [1.54, 1.807) is 0 Å². The van der Waals surface area contributed by atoms with Crippen molar-refractivity contribution in [3.05, 3.63) is 23.8 Å². The Labute approximate surface area is 107 Å². The lowest BCUT2D eigenvalue weighted by molar-refractivity contribution is -0.135. The molecular formula is C14H19NO3. The van der Waals surface area contributed by atoms with Crippen LogP contribution < -0.4 is 9.64 Å². The average molecular weight is 249 g/mol. The van der Waals surface area contributed by atoms with E-state index in [9.17, 15) is 4.79 Å². The molecule has 1 aromatic rings. The van der Waals surface area contributed by atoms with E-state index >= 15 is 0 Å². The molecule has 0 aliphatic carbocycles. The number of rotatable bonds is 3. The Bertz CT molecular complexity index is 456. The van der Waals surface area contributed by atoms with Gasteiger partial charge in [-0.3, -0.25) is 4.79 Å². The lowest BCUT2D eigenvalue weighted by Gasteiger charge is -2.37. The predicted octanol–water partition coefficient (Wildman–Crippen LogP) is 2.30. The first-order valence-corrected chi connectivity index (χ1v) is 6.21. The molecule has 1 unspecified atom stereocenters. The molecule has 4 heteroatoms. The quantitative estimate of drug-likeness (QED) is 0.893. The highest BCUT2D eigenvalue weighted by Crippen LogP contribution is 2.35. The fraction of sp³-hybridized carbons (Fsp3) is 0.500. The minimum absolute atomic E-state index is 0.0169. The van der Waals surface area contributed by atoms with Gasteiger partial charge in [0.05, 0.1) is 12.2 Å². The number of benzene rings is 1. The van der Waals surface area contributed by atoms with Crippen LogP contribution in [0.25, 0.3) is 0 Å². The zero-order valence-electron chi connectivity index (χ0n) is 11.0. The molecule has 1 aliphatic rings. The van der Waals surface area contributed by atoms with Crippen LogP contribution in [0.5, 0.6) is 5.75 Å². The normalized spacial score (nSPS) is 18.4. The number of aryl methyl sites for hydroxylation is 1. The topological polar surface area (TPSA) is 49.8 Å². The van der Waals surface area contributed by atoms with Crippen molar-refractivity contribution in [1.82, 2.24) is 0 Å². The minimum Gasteiger partial charge on any atom is -0.486 e. The van der Waals surface area contributed by atoms with Crippen molar-refractivity contribution in [2.75, 3.05) is 18.0 Å². The first-order chi connectivity index (χ1) is 8.47. The van der Waals surface area contributed by atoms with Crippen LogP contribution in [0.15, 0.2) is 18.2 Å². The van der Waals surface area contributed by atoms with Crippen molar-refractivity contribution in [3.63, 3.8) is 0 Å². The zero-order chi connectivity index (χ0) is 13.3. The summed E-state index contributed by atoms with van der Waals surface area (Å²) in [7, 11) is 0. The molecule has 1 N–H and O–H groups in total. The number of hydrogen-bond acceptors (Lipinski definition) is 3. The first-order valence-electron chi connectivity index (χ1n) is 6.21. The van der Waals surface area contributed by atoms with Crippen LogP contribution in [0.1, 0.15) is 19.4 Å². The van der Waals surface area contributed by atoms with Crippen molar-refractivity contribution >= 4 is 11.7 Å². The van der Waals surface area contributed by atoms with Crippen molar-refractivity contribution in [1.29, 1.82) is 0 Å². The van der Waals surface area contributed by atoms with E-state index in [4.69, 9.17) is 9.84 Å². The summed E-state index contributed by atoms with van der Waals surface area (Å²) in [6.07, 6.45) is 0.0413. The average Bonchev–Trinajstić information content (AvgIpc) is 2.28. The van der Waals surface area contributed by atoms with E-state index in [-0.39, 0.29) is 12.6 Å². The standard InChI is InChI=1S/C14H19NO3/c1-9(2)13-7-15(8-14(16)17)11-6-10(3)4-5-12(11)18-13/h4-6,9,13H,7-8H2,1-3H3,(H,16,17). The molecule has 0 aromatic heterocycles. The molecule has 1 aromatic carbocycles. The van der Waals surface area contributed by atoms with Gasteiger partial charge in [0, 0.05) is 0 Å². The fourth-order valence-corrected chi connectivity index (χ4v) is 2.15. The van der Waals surface area contributed by atoms with Gasteiger partial charge in [-0.1, -0.05) is 19.9 Å². The summed E-state index contributed by atoms with van der Waals surface area (Å²) in [6, 6.07) is 5.89. The molecular weight excluding hydrogens is 230 g/mol. The van der Waals surface area contributed by atoms with E-state index < -0.39 is 5.97 Å². The van der Waals surface area contributed by atoms with E-state index in [0.29, 0.717) is 12.5 Å². The van der Waals surface area contributed by atoms with Gasteiger partial charge in [-0.15, -0.1) is 0 Å². The van der Waals surface area contributed by atoms with Crippen LogP contribution in [0, 0.1) is 12.8 Å². The highest BCUT2D eigenvalue weighted by atomic mass is 16.5. The van der Waals surface area contributed by atoms with Crippen molar-refractivity contribution in [3.8, 4) is 5.75 Å². The molecule has 4 nitrogen and oxygen atoms in total. The summed E-state index contributed by atoms with van der Waals surface area (Å²) >= 11 is 0. The lowest BCUT2D eigenvalue weighted by Crippen LogP contribution is -2.44. The number of carboxylic acids is 1. The minimum atomic E-state index is -0.813. The molecule has 0 saturated heterocycles. The second-order valence-electron chi connectivity index (χ2n) is 5.15. The van der Waals surface area contributed by atoms with E-state index in [0.717, 1.165) is 17.0 Å². The molecule has 0 bridgehead atoms. The molecule has 1 aliphatic heterocycles. The monoisotopic (exact) mass is 249 g/mol. The van der Waals surface area contributed by atoms with Crippen LogP contribution in [0.2, 0.25) is 0 Å².